The number of phenols is 1. The number of aromatic nitrogens is 3. The topological polar surface area (TPSA) is 111 Å². The third kappa shape index (κ3) is 4.83. The van der Waals surface area contributed by atoms with E-state index in [0.717, 1.165) is 5.56 Å². The highest BCUT2D eigenvalue weighted by Crippen LogP contribution is 2.25. The number of nitrogens with zero attached hydrogens (tertiary/aromatic N) is 4. The quantitative estimate of drug-likeness (QED) is 0.240. The van der Waals surface area contributed by atoms with Gasteiger partial charge in [0.2, 0.25) is 5.16 Å². The molecule has 10 heteroatoms. The molecule has 27 heavy (non-hydrogen) atoms. The Balaban J connectivity index is 1.59. The molecule has 0 aliphatic carbocycles. The second kappa shape index (κ2) is 8.65. The Bertz CT molecular complexity index is 945. The Labute approximate surface area is 165 Å². The molecule has 0 saturated heterocycles. The number of methoxy groups -OCH3 is 1. The minimum atomic E-state index is 0.0318. The van der Waals surface area contributed by atoms with Crippen LogP contribution in [0.1, 0.15) is 11.1 Å². The largest absolute Gasteiger partial charge is 0.504 e. The summed E-state index contributed by atoms with van der Waals surface area (Å²) in [5.74, 6) is 7.39. The number of phenolic OH excluding ortho intramolecular Hbond substituents is 1. The van der Waals surface area contributed by atoms with Crippen molar-refractivity contribution in [1.29, 1.82) is 0 Å². The van der Waals surface area contributed by atoms with Crippen LogP contribution in [0.2, 0.25) is 5.02 Å². The number of nitrogens with two attached hydrogens (primary N) is 1. The van der Waals surface area contributed by atoms with Gasteiger partial charge in [-0.3, -0.25) is 0 Å². The van der Waals surface area contributed by atoms with Crippen molar-refractivity contribution in [3.8, 4) is 11.5 Å². The first-order valence-corrected chi connectivity index (χ1v) is 9.17. The van der Waals surface area contributed by atoms with Gasteiger partial charge in [-0.25, -0.2) is 10.1 Å². The van der Waals surface area contributed by atoms with Crippen molar-refractivity contribution in [2.75, 3.05) is 18.4 Å². The van der Waals surface area contributed by atoms with Crippen LogP contribution in [0.5, 0.6) is 11.5 Å². The van der Waals surface area contributed by atoms with E-state index >= 15 is 0 Å². The Morgan fingerprint density at radius 3 is 2.78 bits per heavy atom. The highest BCUT2D eigenvalue weighted by Gasteiger charge is 2.09. The third-order valence-electron chi connectivity index (χ3n) is 3.53. The van der Waals surface area contributed by atoms with E-state index in [4.69, 9.17) is 22.2 Å². The van der Waals surface area contributed by atoms with Crippen LogP contribution >= 0.6 is 23.4 Å². The maximum absolute atomic E-state index is 9.76. The summed E-state index contributed by atoms with van der Waals surface area (Å²) >= 11 is 7.32. The lowest BCUT2D eigenvalue weighted by atomic mass is 10.2. The number of hydrogen-bond acceptors (Lipinski definition) is 8. The highest BCUT2D eigenvalue weighted by atomic mass is 35.5. The average molecular weight is 405 g/mol. The molecule has 0 bridgehead atoms. The monoisotopic (exact) mass is 404 g/mol. The van der Waals surface area contributed by atoms with Crippen LogP contribution in [0.3, 0.4) is 0 Å². The SMILES string of the molecule is COc1ccc(/C=N/Nc2nnc(SCc3ccc(Cl)cc3)n2N)cc1O. The zero-order chi connectivity index (χ0) is 19.2. The molecule has 4 N–H and O–H groups in total. The van der Waals surface area contributed by atoms with Crippen LogP contribution in [0.25, 0.3) is 0 Å². The fourth-order valence-electron chi connectivity index (χ4n) is 2.13. The molecule has 0 radical (unpaired) electrons. The Morgan fingerprint density at radius 2 is 2.07 bits per heavy atom. The minimum absolute atomic E-state index is 0.0318. The normalized spacial score (nSPS) is 11.0. The van der Waals surface area contributed by atoms with Gasteiger partial charge in [-0.15, -0.1) is 10.2 Å². The molecule has 1 aromatic heterocycles. The summed E-state index contributed by atoms with van der Waals surface area (Å²) in [6.45, 7) is 0. The van der Waals surface area contributed by atoms with Gasteiger partial charge in [0.1, 0.15) is 0 Å². The van der Waals surface area contributed by atoms with E-state index in [1.165, 1.54) is 35.8 Å². The van der Waals surface area contributed by atoms with E-state index < -0.39 is 0 Å². The van der Waals surface area contributed by atoms with E-state index in [9.17, 15) is 5.11 Å². The predicted octanol–water partition coefficient (Wildman–Crippen LogP) is 3.10. The van der Waals surface area contributed by atoms with Crippen LogP contribution in [-0.2, 0) is 5.75 Å². The van der Waals surface area contributed by atoms with E-state index in [0.29, 0.717) is 33.2 Å². The van der Waals surface area contributed by atoms with Gasteiger partial charge in [-0.05, 0) is 41.5 Å². The summed E-state index contributed by atoms with van der Waals surface area (Å²) < 4.78 is 6.32. The third-order valence-corrected chi connectivity index (χ3v) is 4.79. The van der Waals surface area contributed by atoms with E-state index in [-0.39, 0.29) is 5.75 Å². The van der Waals surface area contributed by atoms with Crippen molar-refractivity contribution in [3.63, 3.8) is 0 Å². The van der Waals surface area contributed by atoms with Crippen LogP contribution in [0.15, 0.2) is 52.7 Å². The summed E-state index contributed by atoms with van der Waals surface area (Å²) in [5.41, 5.74) is 4.50. The molecular weight excluding hydrogens is 388 g/mol. The number of halogens is 1. The summed E-state index contributed by atoms with van der Waals surface area (Å²) in [4.78, 5) is 0. The molecule has 3 rings (SSSR count). The summed E-state index contributed by atoms with van der Waals surface area (Å²) in [6.07, 6.45) is 1.52. The molecular formula is C17H17ClN6O2S. The molecule has 3 aromatic rings. The zero-order valence-electron chi connectivity index (χ0n) is 14.3. The number of nitrogen functional groups attached to an aromatic ring is 1. The van der Waals surface area contributed by atoms with Gasteiger partial charge in [0.25, 0.3) is 5.95 Å². The number of rotatable bonds is 7. The fraction of sp³-hybridized carbons (Fsp3) is 0.118. The number of aromatic hydroxyl groups is 1. The number of anilines is 1. The Morgan fingerprint density at radius 1 is 1.30 bits per heavy atom. The molecule has 0 amide bonds. The second-order valence-corrected chi connectivity index (χ2v) is 6.77. The van der Waals surface area contributed by atoms with Gasteiger partial charge in [0, 0.05) is 10.8 Å². The van der Waals surface area contributed by atoms with Crippen molar-refractivity contribution in [1.82, 2.24) is 14.9 Å². The summed E-state index contributed by atoms with van der Waals surface area (Å²) in [5, 5.41) is 23.1. The maximum Gasteiger partial charge on any atom is 0.264 e. The van der Waals surface area contributed by atoms with Gasteiger partial charge in [-0.2, -0.15) is 5.10 Å². The van der Waals surface area contributed by atoms with Crippen molar-refractivity contribution >= 4 is 35.5 Å². The first-order valence-electron chi connectivity index (χ1n) is 7.80. The van der Waals surface area contributed by atoms with Gasteiger partial charge < -0.3 is 15.7 Å². The first-order chi connectivity index (χ1) is 13.1. The second-order valence-electron chi connectivity index (χ2n) is 5.39. The van der Waals surface area contributed by atoms with E-state index in [1.807, 2.05) is 24.3 Å². The van der Waals surface area contributed by atoms with Gasteiger partial charge in [0.15, 0.2) is 11.5 Å². The van der Waals surface area contributed by atoms with Gasteiger partial charge in [0.05, 0.1) is 13.3 Å². The molecule has 0 saturated carbocycles. The van der Waals surface area contributed by atoms with Gasteiger partial charge in [-0.1, -0.05) is 35.5 Å². The molecule has 0 aliphatic rings. The van der Waals surface area contributed by atoms with Crippen molar-refractivity contribution in [2.45, 2.75) is 10.9 Å². The number of benzene rings is 2. The van der Waals surface area contributed by atoms with Crippen molar-refractivity contribution < 1.29 is 9.84 Å². The molecule has 0 aliphatic heterocycles. The smallest absolute Gasteiger partial charge is 0.264 e. The molecule has 0 unspecified atom stereocenters. The molecule has 2 aromatic carbocycles. The Kier molecular flexibility index (Phi) is 6.05. The number of ether oxygens (including phenoxy) is 1. The van der Waals surface area contributed by atoms with Crippen molar-refractivity contribution in [2.24, 2.45) is 5.10 Å². The minimum Gasteiger partial charge on any atom is -0.504 e. The number of nitrogens with one attached hydrogen (secondary N) is 1. The summed E-state index contributed by atoms with van der Waals surface area (Å²) in [7, 11) is 1.49. The lowest BCUT2D eigenvalue weighted by Gasteiger charge is -2.04. The van der Waals surface area contributed by atoms with E-state index in [2.05, 4.69) is 20.7 Å². The lowest BCUT2D eigenvalue weighted by molar-refractivity contribution is 0.373. The first kappa shape index (κ1) is 18.9. The standard InChI is InChI=1S/C17H17ClN6O2S/c1-26-15-7-4-12(8-14(15)25)9-20-21-16-22-23-17(24(16)19)27-10-11-2-5-13(18)6-3-11/h2-9,25H,10,19H2,1H3,(H,21,22)/b20-9+. The number of hydrogen-bond donors (Lipinski definition) is 3. The van der Waals surface area contributed by atoms with Crippen LogP contribution in [0, 0.1) is 0 Å². The highest BCUT2D eigenvalue weighted by molar-refractivity contribution is 7.98. The molecule has 0 fully saturated rings. The van der Waals surface area contributed by atoms with Crippen molar-refractivity contribution in [3.05, 3.63) is 58.6 Å². The summed E-state index contributed by atoms with van der Waals surface area (Å²) in [6, 6.07) is 12.5. The maximum atomic E-state index is 9.76. The molecule has 0 atom stereocenters. The van der Waals surface area contributed by atoms with E-state index in [1.54, 1.807) is 12.1 Å². The molecule has 1 heterocycles. The number of thioether (sulfide) groups is 1. The Hall–Kier alpha value is -2.91. The van der Waals surface area contributed by atoms with Crippen LogP contribution in [-0.4, -0.2) is 33.3 Å². The van der Waals surface area contributed by atoms with Crippen LogP contribution in [0.4, 0.5) is 5.95 Å². The molecule has 0 spiro atoms. The fourth-order valence-corrected chi connectivity index (χ4v) is 3.07. The zero-order valence-corrected chi connectivity index (χ0v) is 15.9. The lowest BCUT2D eigenvalue weighted by Crippen LogP contribution is -2.13. The average Bonchev–Trinajstić information content (AvgIpc) is 3.01. The molecule has 8 nitrogen and oxygen atoms in total. The number of hydrazone groups is 1. The predicted molar refractivity (Wildman–Crippen MR) is 107 cm³/mol. The molecule has 140 valence electrons. The van der Waals surface area contributed by atoms with Gasteiger partial charge >= 0.3 is 0 Å². The van der Waals surface area contributed by atoms with Crippen LogP contribution < -0.4 is 16.0 Å².